The lowest BCUT2D eigenvalue weighted by Gasteiger charge is -2.47. The molecule has 12 heteroatoms. The monoisotopic (exact) mass is 672 g/mol. The Morgan fingerprint density at radius 3 is 2.55 bits per heavy atom. The number of aromatic nitrogens is 4. The smallest absolute Gasteiger partial charge is 0.319 e. The summed E-state index contributed by atoms with van der Waals surface area (Å²) in [6.45, 7) is 12.6. The first kappa shape index (κ1) is 32.1. The molecule has 0 bridgehead atoms. The van der Waals surface area contributed by atoms with Gasteiger partial charge in [0.05, 0.1) is 43.5 Å². The molecule has 3 aliphatic rings. The maximum absolute atomic E-state index is 17.4. The third-order valence-corrected chi connectivity index (χ3v) is 10.2. The first-order valence-corrected chi connectivity index (χ1v) is 17.1. The minimum Gasteiger partial charge on any atom is -0.508 e. The van der Waals surface area contributed by atoms with E-state index in [1.54, 1.807) is 31.3 Å². The lowest BCUT2D eigenvalue weighted by Crippen LogP contribution is -2.55. The second kappa shape index (κ2) is 11.5. The van der Waals surface area contributed by atoms with Crippen LogP contribution in [0.3, 0.4) is 0 Å². The van der Waals surface area contributed by atoms with Gasteiger partial charge in [0.25, 0.3) is 0 Å². The zero-order valence-electron chi connectivity index (χ0n) is 28.4. The van der Waals surface area contributed by atoms with Crippen molar-refractivity contribution in [3.05, 3.63) is 53.7 Å². The average Bonchev–Trinajstić information content (AvgIpc) is 3.68. The van der Waals surface area contributed by atoms with Crippen LogP contribution < -0.4 is 9.64 Å². The Labute approximate surface area is 283 Å². The fraction of sp³-hybridized carbons (Fsp3) is 0.486. The minimum absolute atomic E-state index is 0.00465. The molecule has 0 radical (unpaired) electrons. The molecule has 258 valence electrons. The number of phenolic OH excluding ortho intramolecular Hbond substituents is 1. The van der Waals surface area contributed by atoms with Gasteiger partial charge in [-0.25, -0.2) is 13.3 Å². The molecule has 1 aliphatic carbocycles. The van der Waals surface area contributed by atoms with Gasteiger partial charge in [0.1, 0.15) is 34.2 Å². The molecule has 0 spiro atoms. The molecule has 3 fully saturated rings. The number of hydrogen-bond donors (Lipinski definition) is 2. The number of halogens is 2. The summed E-state index contributed by atoms with van der Waals surface area (Å²) in [7, 11) is 0. The number of fused-ring (bicyclic) bond motifs is 4. The number of aromatic hydroxyl groups is 1. The standard InChI is InChI=1S/C37H42F2N6O4/c1-5-24-26(38)7-6-22-14-23(46)15-25(28(22)24)32-30(39)31-29(27-8-11-40-45(27)32)33(44-12-13-48-20-36(4,47)18-44)42-34(41-31)49-21-37(9-10-37)19-43-16-35(2,3)17-43/h6-8,11,14-15,46-47H,5,9-10,12-13,16-21H2,1-4H3. The van der Waals surface area contributed by atoms with Crippen LogP contribution in [0.4, 0.5) is 14.6 Å². The van der Waals surface area contributed by atoms with E-state index >= 15 is 8.78 Å². The van der Waals surface area contributed by atoms with E-state index in [0.717, 1.165) is 32.5 Å². The highest BCUT2D eigenvalue weighted by Crippen LogP contribution is 2.49. The summed E-state index contributed by atoms with van der Waals surface area (Å²) in [4.78, 5) is 14.0. The van der Waals surface area contributed by atoms with Gasteiger partial charge < -0.3 is 29.5 Å². The molecule has 0 amide bonds. The summed E-state index contributed by atoms with van der Waals surface area (Å²) in [5, 5.41) is 27.9. The number of anilines is 1. The fourth-order valence-corrected chi connectivity index (χ4v) is 7.93. The van der Waals surface area contributed by atoms with Gasteiger partial charge >= 0.3 is 6.01 Å². The van der Waals surface area contributed by atoms with Gasteiger partial charge in [-0.15, -0.1) is 0 Å². The molecule has 5 aromatic rings. The third-order valence-electron chi connectivity index (χ3n) is 10.2. The van der Waals surface area contributed by atoms with Crippen molar-refractivity contribution in [3.8, 4) is 23.0 Å². The number of rotatable bonds is 8. The van der Waals surface area contributed by atoms with Crippen LogP contribution in [0.5, 0.6) is 11.8 Å². The molecule has 2 aromatic carbocycles. The van der Waals surface area contributed by atoms with Gasteiger partial charge in [-0.1, -0.05) is 26.8 Å². The van der Waals surface area contributed by atoms with Gasteiger partial charge in [-0.3, -0.25) is 0 Å². The van der Waals surface area contributed by atoms with Gasteiger partial charge in [-0.05, 0) is 72.2 Å². The van der Waals surface area contributed by atoms with Crippen molar-refractivity contribution in [3.63, 3.8) is 0 Å². The molecule has 8 rings (SSSR count). The molecule has 2 N–H and O–H groups in total. The van der Waals surface area contributed by atoms with Crippen LogP contribution in [0, 0.1) is 22.5 Å². The summed E-state index contributed by atoms with van der Waals surface area (Å²) < 4.78 is 46.2. The highest BCUT2D eigenvalue weighted by atomic mass is 19.1. The Morgan fingerprint density at radius 2 is 1.82 bits per heavy atom. The predicted octanol–water partition coefficient (Wildman–Crippen LogP) is 5.73. The van der Waals surface area contributed by atoms with Crippen LogP contribution in [-0.2, 0) is 11.2 Å². The van der Waals surface area contributed by atoms with Crippen molar-refractivity contribution in [2.45, 2.75) is 52.6 Å². The van der Waals surface area contributed by atoms with Crippen LogP contribution in [0.15, 0.2) is 36.5 Å². The predicted molar refractivity (Wildman–Crippen MR) is 183 cm³/mol. The summed E-state index contributed by atoms with van der Waals surface area (Å²) in [6, 6.07) is 7.74. The zero-order chi connectivity index (χ0) is 34.3. The number of β-amino-alcohol motifs (C(OH)–C–C–N with tert-alkyl or cyclic N) is 1. The number of likely N-dealkylation sites (tertiary alicyclic amines) is 1. The molecule has 5 heterocycles. The second-order valence-electron chi connectivity index (χ2n) is 15.4. The molecular weight excluding hydrogens is 630 g/mol. The molecule has 3 aromatic heterocycles. The van der Waals surface area contributed by atoms with Crippen molar-refractivity contribution in [2.75, 3.05) is 57.4 Å². The van der Waals surface area contributed by atoms with Gasteiger partial charge in [0, 0.05) is 37.2 Å². The van der Waals surface area contributed by atoms with Crippen LogP contribution >= 0.6 is 0 Å². The number of benzene rings is 2. The quantitative estimate of drug-likeness (QED) is 0.214. The summed E-state index contributed by atoms with van der Waals surface area (Å²) in [5.74, 6) is -0.807. The molecule has 1 atom stereocenters. The van der Waals surface area contributed by atoms with E-state index in [-0.39, 0.29) is 41.5 Å². The lowest BCUT2D eigenvalue weighted by molar-refractivity contribution is -0.0123. The molecule has 1 saturated carbocycles. The van der Waals surface area contributed by atoms with Crippen molar-refractivity contribution in [2.24, 2.45) is 10.8 Å². The lowest BCUT2D eigenvalue weighted by atomic mass is 9.83. The van der Waals surface area contributed by atoms with E-state index in [1.165, 1.54) is 16.6 Å². The van der Waals surface area contributed by atoms with Gasteiger partial charge in [0.2, 0.25) is 0 Å². The number of pyridine rings is 1. The van der Waals surface area contributed by atoms with E-state index < -0.39 is 17.2 Å². The Balaban J connectivity index is 1.31. The highest BCUT2D eigenvalue weighted by Gasteiger charge is 2.48. The van der Waals surface area contributed by atoms with E-state index in [9.17, 15) is 10.2 Å². The van der Waals surface area contributed by atoms with Crippen molar-refractivity contribution >= 4 is 33.0 Å². The molecule has 10 nitrogen and oxygen atoms in total. The van der Waals surface area contributed by atoms with E-state index in [1.807, 2.05) is 11.8 Å². The fourth-order valence-electron chi connectivity index (χ4n) is 7.93. The van der Waals surface area contributed by atoms with E-state index in [0.29, 0.717) is 70.2 Å². The van der Waals surface area contributed by atoms with Crippen LogP contribution in [0.1, 0.15) is 46.1 Å². The largest absolute Gasteiger partial charge is 0.508 e. The molecule has 49 heavy (non-hydrogen) atoms. The van der Waals surface area contributed by atoms with Crippen LogP contribution in [0.25, 0.3) is 38.4 Å². The first-order valence-electron chi connectivity index (χ1n) is 17.1. The number of nitrogens with zero attached hydrogens (tertiary/aromatic N) is 6. The number of aryl methyl sites for hydroxylation is 1. The van der Waals surface area contributed by atoms with Crippen LogP contribution in [-0.4, -0.2) is 92.8 Å². The van der Waals surface area contributed by atoms with Gasteiger partial charge in [-0.2, -0.15) is 15.1 Å². The summed E-state index contributed by atoms with van der Waals surface area (Å²) >= 11 is 0. The molecule has 2 aliphatic heterocycles. The Bertz CT molecular complexity index is 2100. The summed E-state index contributed by atoms with van der Waals surface area (Å²) in [5.41, 5.74) is 0.396. The molecule has 2 saturated heterocycles. The van der Waals surface area contributed by atoms with Crippen molar-refractivity contribution in [1.29, 1.82) is 0 Å². The number of hydrogen-bond acceptors (Lipinski definition) is 9. The zero-order valence-corrected chi connectivity index (χ0v) is 28.4. The van der Waals surface area contributed by atoms with Crippen molar-refractivity contribution < 1.29 is 28.5 Å². The third kappa shape index (κ3) is 5.73. The van der Waals surface area contributed by atoms with Crippen LogP contribution in [0.2, 0.25) is 0 Å². The maximum Gasteiger partial charge on any atom is 0.319 e. The van der Waals surface area contributed by atoms with E-state index in [4.69, 9.17) is 19.4 Å². The van der Waals surface area contributed by atoms with E-state index in [2.05, 4.69) is 23.8 Å². The SMILES string of the molecule is CCc1c(F)ccc2cc(O)cc(-c3c(F)c4nc(OCC5(CN6CC(C)(C)C6)CC5)nc(N5CCOCC(C)(O)C5)c4c4ccnn34)c12. The number of ether oxygens (including phenoxy) is 2. The number of phenols is 1. The average molecular weight is 673 g/mol. The Morgan fingerprint density at radius 1 is 1.02 bits per heavy atom. The van der Waals surface area contributed by atoms with Crippen molar-refractivity contribution in [1.82, 2.24) is 24.5 Å². The minimum atomic E-state index is -1.19. The normalized spacial score (nSPS) is 22.1. The highest BCUT2D eigenvalue weighted by molar-refractivity contribution is 6.07. The maximum atomic E-state index is 17.4. The number of aliphatic hydroxyl groups is 1. The Hall–Kier alpha value is -4.13. The topological polar surface area (TPSA) is 108 Å². The molecule has 1 unspecified atom stereocenters. The van der Waals surface area contributed by atoms with Gasteiger partial charge in [0.15, 0.2) is 5.82 Å². The molecular formula is C37H42F2N6O4. The Kier molecular flexibility index (Phi) is 7.51. The first-order chi connectivity index (χ1) is 23.4. The second-order valence-corrected chi connectivity index (χ2v) is 15.4. The summed E-state index contributed by atoms with van der Waals surface area (Å²) in [6.07, 6.45) is 3.99.